The van der Waals surface area contributed by atoms with Crippen LogP contribution < -0.4 is 4.74 Å². The topological polar surface area (TPSA) is 32.8 Å². The van der Waals surface area contributed by atoms with Gasteiger partial charge in [-0.15, -0.1) is 0 Å². The SMILES string of the molecule is O=C(COc1ccc(F)c(Cl)c1)N1CCCN(Cc2ccc(F)cc2)CC1. The summed E-state index contributed by atoms with van der Waals surface area (Å²) >= 11 is 5.71. The van der Waals surface area contributed by atoms with E-state index in [0.717, 1.165) is 31.6 Å². The number of rotatable bonds is 5. The minimum absolute atomic E-state index is 0.0360. The molecular weight excluding hydrogens is 374 g/mol. The van der Waals surface area contributed by atoms with Crippen LogP contribution in [0.2, 0.25) is 5.02 Å². The Labute approximate surface area is 162 Å². The highest BCUT2D eigenvalue weighted by atomic mass is 35.5. The Bertz CT molecular complexity index is 786. The molecule has 0 radical (unpaired) electrons. The minimum Gasteiger partial charge on any atom is -0.484 e. The van der Waals surface area contributed by atoms with Crippen molar-refractivity contribution in [3.05, 3.63) is 64.7 Å². The summed E-state index contributed by atoms with van der Waals surface area (Å²) in [5, 5.41) is -0.0360. The van der Waals surface area contributed by atoms with Gasteiger partial charge in [-0.1, -0.05) is 23.7 Å². The smallest absolute Gasteiger partial charge is 0.260 e. The molecule has 0 N–H and O–H groups in total. The van der Waals surface area contributed by atoms with E-state index in [4.69, 9.17) is 16.3 Å². The van der Waals surface area contributed by atoms with Crippen LogP contribution in [0.4, 0.5) is 8.78 Å². The third-order valence-corrected chi connectivity index (χ3v) is 4.80. The monoisotopic (exact) mass is 394 g/mol. The molecule has 1 amide bonds. The van der Waals surface area contributed by atoms with Gasteiger partial charge in [-0.3, -0.25) is 9.69 Å². The molecular formula is C20H21ClF2N2O2. The minimum atomic E-state index is -0.524. The van der Waals surface area contributed by atoms with E-state index in [1.807, 2.05) is 0 Å². The van der Waals surface area contributed by atoms with Crippen molar-refractivity contribution in [3.8, 4) is 5.75 Å². The first kappa shape index (κ1) is 19.6. The fourth-order valence-electron chi connectivity index (χ4n) is 3.03. The molecule has 144 valence electrons. The van der Waals surface area contributed by atoms with E-state index >= 15 is 0 Å². The third-order valence-electron chi connectivity index (χ3n) is 4.51. The van der Waals surface area contributed by atoms with Crippen molar-refractivity contribution in [2.24, 2.45) is 0 Å². The van der Waals surface area contributed by atoms with Crippen LogP contribution in [0.1, 0.15) is 12.0 Å². The molecule has 0 aromatic heterocycles. The number of benzene rings is 2. The summed E-state index contributed by atoms with van der Waals surface area (Å²) in [5.41, 5.74) is 1.05. The van der Waals surface area contributed by atoms with Gasteiger partial charge in [0.2, 0.25) is 0 Å². The second kappa shape index (κ2) is 9.15. The van der Waals surface area contributed by atoms with Gasteiger partial charge in [0.15, 0.2) is 6.61 Å². The van der Waals surface area contributed by atoms with Crippen LogP contribution in [0.25, 0.3) is 0 Å². The highest BCUT2D eigenvalue weighted by molar-refractivity contribution is 6.30. The van der Waals surface area contributed by atoms with Crippen LogP contribution in [0.5, 0.6) is 5.75 Å². The van der Waals surface area contributed by atoms with E-state index in [1.54, 1.807) is 17.0 Å². The lowest BCUT2D eigenvalue weighted by Crippen LogP contribution is -2.38. The maximum absolute atomic E-state index is 13.2. The molecule has 0 saturated carbocycles. The van der Waals surface area contributed by atoms with Gasteiger partial charge in [-0.25, -0.2) is 8.78 Å². The number of nitrogens with zero attached hydrogens (tertiary/aromatic N) is 2. The highest BCUT2D eigenvalue weighted by Crippen LogP contribution is 2.21. The molecule has 1 fully saturated rings. The molecule has 7 heteroatoms. The van der Waals surface area contributed by atoms with Crippen molar-refractivity contribution in [1.82, 2.24) is 9.80 Å². The second-order valence-corrected chi connectivity index (χ2v) is 6.91. The quantitative estimate of drug-likeness (QED) is 0.774. The zero-order valence-corrected chi connectivity index (χ0v) is 15.6. The predicted octanol–water partition coefficient (Wildman–Crippen LogP) is 3.73. The summed E-state index contributed by atoms with van der Waals surface area (Å²) in [7, 11) is 0. The third kappa shape index (κ3) is 5.65. The first-order valence-corrected chi connectivity index (χ1v) is 9.21. The van der Waals surface area contributed by atoms with Gasteiger partial charge in [0.05, 0.1) is 5.02 Å². The van der Waals surface area contributed by atoms with E-state index in [9.17, 15) is 13.6 Å². The normalized spacial score (nSPS) is 15.4. The summed E-state index contributed by atoms with van der Waals surface area (Å²) in [6, 6.07) is 10.5. The van der Waals surface area contributed by atoms with Crippen LogP contribution in [0.15, 0.2) is 42.5 Å². The van der Waals surface area contributed by atoms with Gasteiger partial charge in [-0.05, 0) is 36.2 Å². The van der Waals surface area contributed by atoms with Gasteiger partial charge in [0, 0.05) is 38.8 Å². The molecule has 2 aromatic rings. The zero-order valence-electron chi connectivity index (χ0n) is 14.8. The van der Waals surface area contributed by atoms with Gasteiger partial charge >= 0.3 is 0 Å². The zero-order chi connectivity index (χ0) is 19.2. The number of carbonyl (C=O) groups excluding carboxylic acids is 1. The summed E-state index contributed by atoms with van der Waals surface area (Å²) < 4.78 is 31.6. The lowest BCUT2D eigenvalue weighted by molar-refractivity contribution is -0.133. The Balaban J connectivity index is 1.48. The van der Waals surface area contributed by atoms with E-state index in [1.165, 1.54) is 30.3 Å². The number of ether oxygens (including phenoxy) is 1. The largest absolute Gasteiger partial charge is 0.484 e. The van der Waals surface area contributed by atoms with E-state index in [-0.39, 0.29) is 23.4 Å². The fraction of sp³-hybridized carbons (Fsp3) is 0.350. The second-order valence-electron chi connectivity index (χ2n) is 6.50. The molecule has 1 heterocycles. The molecule has 0 bridgehead atoms. The lowest BCUT2D eigenvalue weighted by Gasteiger charge is -2.22. The lowest BCUT2D eigenvalue weighted by atomic mass is 10.2. The summed E-state index contributed by atoms with van der Waals surface area (Å²) in [6.45, 7) is 3.49. The van der Waals surface area contributed by atoms with Gasteiger partial charge in [0.25, 0.3) is 5.91 Å². The maximum atomic E-state index is 13.2. The van der Waals surface area contributed by atoms with Crippen LogP contribution in [-0.4, -0.2) is 48.5 Å². The van der Waals surface area contributed by atoms with Crippen LogP contribution in [-0.2, 0) is 11.3 Å². The Morgan fingerprint density at radius 3 is 2.56 bits per heavy atom. The Morgan fingerprint density at radius 2 is 1.81 bits per heavy atom. The molecule has 1 aliphatic heterocycles. The number of amides is 1. The van der Waals surface area contributed by atoms with Gasteiger partial charge in [-0.2, -0.15) is 0 Å². The molecule has 0 spiro atoms. The molecule has 3 rings (SSSR count). The predicted molar refractivity (Wildman–Crippen MR) is 99.8 cm³/mol. The van der Waals surface area contributed by atoms with Crippen LogP contribution in [0.3, 0.4) is 0 Å². The molecule has 0 aliphatic carbocycles. The summed E-state index contributed by atoms with van der Waals surface area (Å²) in [4.78, 5) is 16.4. The van der Waals surface area contributed by atoms with Crippen molar-refractivity contribution in [3.63, 3.8) is 0 Å². The molecule has 0 unspecified atom stereocenters. The maximum Gasteiger partial charge on any atom is 0.260 e. The first-order valence-electron chi connectivity index (χ1n) is 8.84. The molecule has 4 nitrogen and oxygen atoms in total. The van der Waals surface area contributed by atoms with Gasteiger partial charge in [0.1, 0.15) is 17.4 Å². The van der Waals surface area contributed by atoms with Crippen LogP contribution in [0, 0.1) is 11.6 Å². The number of carbonyl (C=O) groups is 1. The number of halogens is 3. The van der Waals surface area contributed by atoms with Crippen molar-refractivity contribution in [2.75, 3.05) is 32.8 Å². The van der Waals surface area contributed by atoms with Crippen molar-refractivity contribution < 1.29 is 18.3 Å². The van der Waals surface area contributed by atoms with E-state index < -0.39 is 5.82 Å². The summed E-state index contributed by atoms with van der Waals surface area (Å²) in [5.74, 6) is -0.514. The van der Waals surface area contributed by atoms with Gasteiger partial charge < -0.3 is 9.64 Å². The average molecular weight is 395 g/mol. The Morgan fingerprint density at radius 1 is 1.04 bits per heavy atom. The molecule has 2 aromatic carbocycles. The van der Waals surface area contributed by atoms with E-state index in [0.29, 0.717) is 18.8 Å². The average Bonchev–Trinajstić information content (AvgIpc) is 2.90. The molecule has 1 saturated heterocycles. The molecule has 27 heavy (non-hydrogen) atoms. The highest BCUT2D eigenvalue weighted by Gasteiger charge is 2.19. The standard InChI is InChI=1S/C20H21ClF2N2O2/c21-18-12-17(6-7-19(18)23)27-14-20(26)25-9-1-8-24(10-11-25)13-15-2-4-16(22)5-3-15/h2-7,12H,1,8-11,13-14H2. The Kier molecular flexibility index (Phi) is 6.63. The van der Waals surface area contributed by atoms with Crippen molar-refractivity contribution in [1.29, 1.82) is 0 Å². The van der Waals surface area contributed by atoms with Crippen molar-refractivity contribution in [2.45, 2.75) is 13.0 Å². The molecule has 0 atom stereocenters. The van der Waals surface area contributed by atoms with E-state index in [2.05, 4.69) is 4.90 Å². The number of hydrogen-bond acceptors (Lipinski definition) is 3. The van der Waals surface area contributed by atoms with Crippen LogP contribution >= 0.6 is 11.6 Å². The molecule has 1 aliphatic rings. The Hall–Kier alpha value is -2.18. The number of hydrogen-bond donors (Lipinski definition) is 0. The fourth-order valence-corrected chi connectivity index (χ4v) is 3.20. The summed E-state index contributed by atoms with van der Waals surface area (Å²) in [6.07, 6.45) is 0.856. The van der Waals surface area contributed by atoms with Crippen molar-refractivity contribution >= 4 is 17.5 Å². The first-order chi connectivity index (χ1) is 13.0.